The average molecular weight is 430 g/mol. The number of para-hydroxylation sites is 1. The van der Waals surface area contributed by atoms with E-state index >= 15 is 0 Å². The number of fused-ring (bicyclic) bond motifs is 1. The Balaban J connectivity index is 1.60. The van der Waals surface area contributed by atoms with Gasteiger partial charge in [-0.3, -0.25) is 9.59 Å². The van der Waals surface area contributed by atoms with E-state index in [2.05, 4.69) is 15.7 Å². The number of aromatic nitrogens is 2. The second-order valence-electron chi connectivity index (χ2n) is 7.80. The maximum atomic E-state index is 13.0. The Morgan fingerprint density at radius 1 is 1.22 bits per heavy atom. The van der Waals surface area contributed by atoms with Crippen LogP contribution in [0.3, 0.4) is 0 Å². The monoisotopic (exact) mass is 430 g/mol. The highest BCUT2D eigenvalue weighted by atomic mass is 16.5. The standard InChI is InChI=1S/C24H22N4O4/c1-32-20-12-14(10-11-18(20)29)22-21-17(8-5-9-19(21)30)27-23-16(13-25-28(22)23)24(31)26-15-6-3-2-4-7-15/h2-4,6-7,10-13,22,27,29H,5,8-9H2,1H3,(H,26,31)/t22-/m0/s1. The third-order valence-corrected chi connectivity index (χ3v) is 5.83. The number of benzene rings is 2. The first kappa shape index (κ1) is 19.9. The van der Waals surface area contributed by atoms with Crippen molar-refractivity contribution in [2.75, 3.05) is 17.7 Å². The number of allylic oxidation sites excluding steroid dienone is 2. The van der Waals surface area contributed by atoms with Gasteiger partial charge in [-0.05, 0) is 42.7 Å². The van der Waals surface area contributed by atoms with E-state index in [1.807, 2.05) is 30.3 Å². The number of anilines is 2. The van der Waals surface area contributed by atoms with Gasteiger partial charge in [0.1, 0.15) is 17.4 Å². The molecule has 5 rings (SSSR count). The predicted molar refractivity (Wildman–Crippen MR) is 119 cm³/mol. The summed E-state index contributed by atoms with van der Waals surface area (Å²) in [5.74, 6) is 0.606. The highest BCUT2D eigenvalue weighted by molar-refractivity contribution is 6.08. The van der Waals surface area contributed by atoms with Crippen LogP contribution in [0.2, 0.25) is 0 Å². The molecule has 0 saturated carbocycles. The van der Waals surface area contributed by atoms with Gasteiger partial charge in [-0.1, -0.05) is 24.3 Å². The van der Waals surface area contributed by atoms with Crippen LogP contribution >= 0.6 is 0 Å². The minimum absolute atomic E-state index is 0.0120. The summed E-state index contributed by atoms with van der Waals surface area (Å²) in [5, 5.41) is 20.7. The van der Waals surface area contributed by atoms with Gasteiger partial charge in [0.2, 0.25) is 0 Å². The lowest BCUT2D eigenvalue weighted by Gasteiger charge is -2.33. The summed E-state index contributed by atoms with van der Waals surface area (Å²) in [6.07, 6.45) is 3.42. The molecule has 2 heterocycles. The molecule has 1 aliphatic carbocycles. The quantitative estimate of drug-likeness (QED) is 0.580. The second kappa shape index (κ2) is 7.88. The van der Waals surface area contributed by atoms with Gasteiger partial charge in [0, 0.05) is 23.4 Å². The number of phenols is 1. The number of rotatable bonds is 4. The van der Waals surface area contributed by atoms with Crippen LogP contribution < -0.4 is 15.4 Å². The average Bonchev–Trinajstić information content (AvgIpc) is 3.23. The van der Waals surface area contributed by atoms with Gasteiger partial charge in [-0.15, -0.1) is 0 Å². The summed E-state index contributed by atoms with van der Waals surface area (Å²) in [6.45, 7) is 0. The van der Waals surface area contributed by atoms with Crippen molar-refractivity contribution in [3.8, 4) is 11.5 Å². The van der Waals surface area contributed by atoms with E-state index < -0.39 is 6.04 Å². The van der Waals surface area contributed by atoms with Crippen molar-refractivity contribution in [3.05, 3.63) is 77.1 Å². The number of phenolic OH excluding ortho intramolecular Hbond substituents is 1. The zero-order valence-electron chi connectivity index (χ0n) is 17.5. The highest BCUT2D eigenvalue weighted by Gasteiger charge is 2.37. The van der Waals surface area contributed by atoms with E-state index in [9.17, 15) is 14.7 Å². The van der Waals surface area contributed by atoms with E-state index in [0.717, 1.165) is 17.7 Å². The third-order valence-electron chi connectivity index (χ3n) is 5.83. The Labute approximate surface area is 184 Å². The molecule has 162 valence electrons. The molecule has 8 heteroatoms. The molecular weight excluding hydrogens is 408 g/mol. The number of carbonyl (C=O) groups excluding carboxylic acids is 2. The van der Waals surface area contributed by atoms with Gasteiger partial charge in [0.15, 0.2) is 17.3 Å². The van der Waals surface area contributed by atoms with E-state index in [0.29, 0.717) is 41.2 Å². The van der Waals surface area contributed by atoms with Gasteiger partial charge in [-0.25, -0.2) is 4.68 Å². The maximum Gasteiger partial charge on any atom is 0.261 e. The molecule has 0 saturated heterocycles. The Hall–Kier alpha value is -4.07. The van der Waals surface area contributed by atoms with E-state index in [1.54, 1.807) is 16.8 Å². The molecule has 1 aliphatic heterocycles. The van der Waals surface area contributed by atoms with Gasteiger partial charge in [0.05, 0.1) is 13.3 Å². The number of ketones is 1. The molecule has 0 spiro atoms. The minimum Gasteiger partial charge on any atom is -0.504 e. The van der Waals surface area contributed by atoms with Gasteiger partial charge >= 0.3 is 0 Å². The second-order valence-corrected chi connectivity index (χ2v) is 7.80. The van der Waals surface area contributed by atoms with E-state index in [1.165, 1.54) is 19.4 Å². The number of hydrogen-bond donors (Lipinski definition) is 3. The molecule has 0 fully saturated rings. The molecule has 0 radical (unpaired) electrons. The molecule has 0 bridgehead atoms. The van der Waals surface area contributed by atoms with Crippen LogP contribution in [0.4, 0.5) is 11.5 Å². The SMILES string of the molecule is COc1cc([C@H]2C3=C(CCCC3=O)Nc3c(C(=O)Nc4ccccc4)cnn32)ccc1O. The number of aromatic hydroxyl groups is 1. The molecule has 3 aromatic rings. The Bertz CT molecular complexity index is 1250. The van der Waals surface area contributed by atoms with Crippen LogP contribution in [-0.2, 0) is 4.79 Å². The van der Waals surface area contributed by atoms with Crippen LogP contribution in [0, 0.1) is 0 Å². The first-order valence-corrected chi connectivity index (χ1v) is 10.4. The Morgan fingerprint density at radius 2 is 2.03 bits per heavy atom. The summed E-state index contributed by atoms with van der Waals surface area (Å²) < 4.78 is 6.94. The van der Waals surface area contributed by atoms with Crippen LogP contribution in [0.25, 0.3) is 0 Å². The molecule has 1 atom stereocenters. The fraction of sp³-hybridized carbons (Fsp3) is 0.208. The number of Topliss-reactive ketones (excluding diaryl/α,β-unsaturated/α-hetero) is 1. The molecule has 3 N–H and O–H groups in total. The summed E-state index contributed by atoms with van der Waals surface area (Å²) in [6, 6.07) is 13.7. The number of nitrogens with zero attached hydrogens (tertiary/aromatic N) is 2. The smallest absolute Gasteiger partial charge is 0.261 e. The molecule has 1 amide bonds. The van der Waals surface area contributed by atoms with Crippen molar-refractivity contribution in [1.82, 2.24) is 9.78 Å². The zero-order valence-corrected chi connectivity index (χ0v) is 17.5. The number of hydrogen-bond acceptors (Lipinski definition) is 6. The molecule has 8 nitrogen and oxygen atoms in total. The zero-order chi connectivity index (χ0) is 22.2. The molecule has 32 heavy (non-hydrogen) atoms. The van der Waals surface area contributed by atoms with Crippen molar-refractivity contribution in [2.45, 2.75) is 25.3 Å². The summed E-state index contributed by atoms with van der Waals surface area (Å²) in [7, 11) is 1.48. The summed E-state index contributed by atoms with van der Waals surface area (Å²) >= 11 is 0. The van der Waals surface area contributed by atoms with Gasteiger partial charge < -0.3 is 20.5 Å². The molecule has 0 unspecified atom stereocenters. The topological polar surface area (TPSA) is 105 Å². The lowest BCUT2D eigenvalue weighted by atomic mass is 9.85. The number of methoxy groups -OCH3 is 1. The summed E-state index contributed by atoms with van der Waals surface area (Å²) in [4.78, 5) is 25.9. The third kappa shape index (κ3) is 3.30. The first-order valence-electron chi connectivity index (χ1n) is 10.4. The van der Waals surface area contributed by atoms with Crippen LogP contribution in [-0.4, -0.2) is 33.7 Å². The van der Waals surface area contributed by atoms with Crippen LogP contribution in [0.15, 0.2) is 66.0 Å². The molecule has 2 aliphatic rings. The Kier molecular flexibility index (Phi) is 4.89. The van der Waals surface area contributed by atoms with Crippen LogP contribution in [0.1, 0.15) is 41.2 Å². The lowest BCUT2D eigenvalue weighted by Crippen LogP contribution is -2.32. The van der Waals surface area contributed by atoms with Crippen molar-refractivity contribution in [2.24, 2.45) is 0 Å². The molecule has 1 aromatic heterocycles. The van der Waals surface area contributed by atoms with Crippen molar-refractivity contribution in [3.63, 3.8) is 0 Å². The van der Waals surface area contributed by atoms with Gasteiger partial charge in [-0.2, -0.15) is 5.10 Å². The van der Waals surface area contributed by atoms with E-state index in [-0.39, 0.29) is 17.4 Å². The first-order chi connectivity index (χ1) is 15.6. The number of nitrogens with one attached hydrogen (secondary N) is 2. The van der Waals surface area contributed by atoms with Crippen molar-refractivity contribution >= 4 is 23.2 Å². The van der Waals surface area contributed by atoms with E-state index in [4.69, 9.17) is 4.74 Å². The highest BCUT2D eigenvalue weighted by Crippen LogP contribution is 2.43. The van der Waals surface area contributed by atoms with Crippen molar-refractivity contribution < 1.29 is 19.4 Å². The number of carbonyl (C=O) groups is 2. The van der Waals surface area contributed by atoms with Crippen molar-refractivity contribution in [1.29, 1.82) is 0 Å². The lowest BCUT2D eigenvalue weighted by molar-refractivity contribution is -0.116. The minimum atomic E-state index is -0.526. The predicted octanol–water partition coefficient (Wildman–Crippen LogP) is 3.87. The number of ether oxygens (including phenoxy) is 1. The van der Waals surface area contributed by atoms with Crippen LogP contribution in [0.5, 0.6) is 11.5 Å². The summed E-state index contributed by atoms with van der Waals surface area (Å²) in [5.41, 5.74) is 3.24. The normalized spacial score (nSPS) is 17.3. The largest absolute Gasteiger partial charge is 0.504 e. The maximum absolute atomic E-state index is 13.0. The fourth-order valence-corrected chi connectivity index (χ4v) is 4.32. The van der Waals surface area contributed by atoms with Gasteiger partial charge in [0.25, 0.3) is 5.91 Å². The number of amides is 1. The molecular formula is C24H22N4O4. The molecule has 2 aromatic carbocycles. The fourth-order valence-electron chi connectivity index (χ4n) is 4.32. The Morgan fingerprint density at radius 3 is 2.81 bits per heavy atom.